The summed E-state index contributed by atoms with van der Waals surface area (Å²) in [5.74, 6) is -1.34. The van der Waals surface area contributed by atoms with Crippen LogP contribution in [-0.4, -0.2) is 35.5 Å². The zero-order chi connectivity index (χ0) is 12.8. The van der Waals surface area contributed by atoms with Crippen LogP contribution in [0.3, 0.4) is 0 Å². The summed E-state index contributed by atoms with van der Waals surface area (Å²) in [6.45, 7) is 1.56. The summed E-state index contributed by atoms with van der Waals surface area (Å²) < 4.78 is 0. The second-order valence-corrected chi connectivity index (χ2v) is 4.18. The number of rotatable bonds is 5. The van der Waals surface area contributed by atoms with Gasteiger partial charge in [0.05, 0.1) is 0 Å². The van der Waals surface area contributed by atoms with E-state index in [1.54, 1.807) is 0 Å². The highest BCUT2D eigenvalue weighted by atomic mass is 16.4. The molecule has 0 saturated carbocycles. The first-order valence-corrected chi connectivity index (χ1v) is 5.51. The van der Waals surface area contributed by atoms with Crippen molar-refractivity contribution in [1.82, 2.24) is 4.90 Å². The van der Waals surface area contributed by atoms with Gasteiger partial charge in [0, 0.05) is 13.0 Å². The largest absolute Gasteiger partial charge is 0.480 e. The summed E-state index contributed by atoms with van der Waals surface area (Å²) >= 11 is 0. The molecule has 4 heteroatoms. The molecule has 1 N–H and O–H groups in total. The maximum absolute atomic E-state index is 11.8. The molecule has 1 rings (SSSR count). The van der Waals surface area contributed by atoms with Crippen LogP contribution in [0.25, 0.3) is 0 Å². The van der Waals surface area contributed by atoms with Crippen LogP contribution in [0.5, 0.6) is 0 Å². The number of amides is 1. The lowest BCUT2D eigenvalue weighted by molar-refractivity contribution is -0.144. The third-order valence-corrected chi connectivity index (χ3v) is 2.55. The minimum Gasteiger partial charge on any atom is -0.480 e. The Morgan fingerprint density at radius 3 is 2.41 bits per heavy atom. The number of carbonyl (C=O) groups is 2. The molecule has 0 aliphatic heterocycles. The van der Waals surface area contributed by atoms with Gasteiger partial charge in [0.25, 0.3) is 0 Å². The molecule has 0 aliphatic carbocycles. The molecule has 0 aromatic heterocycles. The zero-order valence-electron chi connectivity index (χ0n) is 10.1. The Morgan fingerprint density at radius 1 is 1.29 bits per heavy atom. The van der Waals surface area contributed by atoms with Crippen molar-refractivity contribution < 1.29 is 14.7 Å². The van der Waals surface area contributed by atoms with Crippen molar-refractivity contribution in [3.8, 4) is 0 Å². The van der Waals surface area contributed by atoms with Crippen LogP contribution in [0.2, 0.25) is 0 Å². The summed E-state index contributed by atoms with van der Waals surface area (Å²) in [4.78, 5) is 23.6. The van der Waals surface area contributed by atoms with E-state index in [9.17, 15) is 9.59 Å². The topological polar surface area (TPSA) is 57.6 Å². The average Bonchev–Trinajstić information content (AvgIpc) is 2.28. The summed E-state index contributed by atoms with van der Waals surface area (Å²) in [6.07, 6.45) is 0.629. The number of hydrogen-bond acceptors (Lipinski definition) is 2. The number of aliphatic carboxylic acids is 1. The molecule has 0 unspecified atom stereocenters. The second kappa shape index (κ2) is 6.03. The van der Waals surface area contributed by atoms with Crippen molar-refractivity contribution in [3.63, 3.8) is 0 Å². The highest BCUT2D eigenvalue weighted by Crippen LogP contribution is 2.10. The number of benzene rings is 1. The molecule has 4 nitrogen and oxygen atoms in total. The van der Waals surface area contributed by atoms with E-state index < -0.39 is 5.97 Å². The lowest BCUT2D eigenvalue weighted by Crippen LogP contribution is -2.36. The van der Waals surface area contributed by atoms with Gasteiger partial charge in [0.2, 0.25) is 5.91 Å². The molecule has 1 atom stereocenters. The van der Waals surface area contributed by atoms with Crippen LogP contribution in [0.15, 0.2) is 30.3 Å². The van der Waals surface area contributed by atoms with Gasteiger partial charge in [-0.3, -0.25) is 9.59 Å². The average molecular weight is 235 g/mol. The van der Waals surface area contributed by atoms with Crippen molar-refractivity contribution in [1.29, 1.82) is 0 Å². The minimum atomic E-state index is -0.993. The van der Waals surface area contributed by atoms with Gasteiger partial charge in [0.1, 0.15) is 6.54 Å². The van der Waals surface area contributed by atoms with Crippen molar-refractivity contribution in [2.24, 2.45) is 5.92 Å². The SMILES string of the molecule is C[C@@H](Cc1ccccc1)C(=O)N(C)CC(=O)O. The van der Waals surface area contributed by atoms with E-state index in [0.717, 1.165) is 5.56 Å². The van der Waals surface area contributed by atoms with E-state index >= 15 is 0 Å². The third kappa shape index (κ3) is 4.26. The molecule has 0 heterocycles. The number of hydrogen-bond donors (Lipinski definition) is 1. The van der Waals surface area contributed by atoms with Crippen LogP contribution in [0.4, 0.5) is 0 Å². The molecular formula is C13H17NO3. The Morgan fingerprint density at radius 2 is 1.88 bits per heavy atom. The quantitative estimate of drug-likeness (QED) is 0.839. The number of carboxylic acids is 1. The van der Waals surface area contributed by atoms with E-state index in [1.165, 1.54) is 11.9 Å². The summed E-state index contributed by atoms with van der Waals surface area (Å²) in [5, 5.41) is 8.61. The van der Waals surface area contributed by atoms with Crippen LogP contribution in [0, 0.1) is 5.92 Å². The Bertz CT molecular complexity index is 389. The van der Waals surface area contributed by atoms with Gasteiger partial charge < -0.3 is 10.0 Å². The lowest BCUT2D eigenvalue weighted by Gasteiger charge is -2.19. The van der Waals surface area contributed by atoms with Gasteiger partial charge in [-0.1, -0.05) is 37.3 Å². The Balaban J connectivity index is 2.55. The number of nitrogens with zero attached hydrogens (tertiary/aromatic N) is 1. The minimum absolute atomic E-state index is 0.142. The molecule has 0 radical (unpaired) electrons. The van der Waals surface area contributed by atoms with E-state index in [0.29, 0.717) is 6.42 Å². The Labute approximate surface area is 101 Å². The number of carboxylic acid groups (broad SMARTS) is 1. The molecule has 1 aromatic rings. The predicted octanol–water partition coefficient (Wildman–Crippen LogP) is 1.41. The molecule has 1 amide bonds. The predicted molar refractivity (Wildman–Crippen MR) is 64.6 cm³/mol. The normalized spacial score (nSPS) is 11.9. The van der Waals surface area contributed by atoms with Crippen molar-refractivity contribution >= 4 is 11.9 Å². The van der Waals surface area contributed by atoms with Gasteiger partial charge in [-0.05, 0) is 12.0 Å². The van der Waals surface area contributed by atoms with Crippen molar-refractivity contribution in [2.75, 3.05) is 13.6 Å². The highest BCUT2D eigenvalue weighted by molar-refractivity contribution is 5.82. The summed E-state index contributed by atoms with van der Waals surface area (Å²) in [7, 11) is 1.51. The first kappa shape index (κ1) is 13.2. The van der Waals surface area contributed by atoms with Crippen LogP contribution in [-0.2, 0) is 16.0 Å². The van der Waals surface area contributed by atoms with Gasteiger partial charge in [-0.25, -0.2) is 0 Å². The number of likely N-dealkylation sites (N-methyl/N-ethyl adjacent to an activating group) is 1. The Hall–Kier alpha value is -1.84. The smallest absolute Gasteiger partial charge is 0.323 e. The van der Waals surface area contributed by atoms with Gasteiger partial charge in [-0.15, -0.1) is 0 Å². The first-order chi connectivity index (χ1) is 8.00. The van der Waals surface area contributed by atoms with E-state index in [-0.39, 0.29) is 18.4 Å². The van der Waals surface area contributed by atoms with Crippen molar-refractivity contribution in [3.05, 3.63) is 35.9 Å². The first-order valence-electron chi connectivity index (χ1n) is 5.51. The second-order valence-electron chi connectivity index (χ2n) is 4.18. The lowest BCUT2D eigenvalue weighted by atomic mass is 10.00. The maximum Gasteiger partial charge on any atom is 0.323 e. The van der Waals surface area contributed by atoms with E-state index in [1.807, 2.05) is 37.3 Å². The maximum atomic E-state index is 11.8. The van der Waals surface area contributed by atoms with E-state index in [2.05, 4.69) is 0 Å². The molecular weight excluding hydrogens is 218 g/mol. The molecule has 0 aliphatic rings. The fraction of sp³-hybridized carbons (Fsp3) is 0.385. The monoisotopic (exact) mass is 235 g/mol. The molecule has 0 fully saturated rings. The fourth-order valence-corrected chi connectivity index (χ4v) is 1.71. The van der Waals surface area contributed by atoms with Crippen LogP contribution in [0.1, 0.15) is 12.5 Å². The highest BCUT2D eigenvalue weighted by Gasteiger charge is 2.19. The Kier molecular flexibility index (Phi) is 4.69. The standard InChI is InChI=1S/C13H17NO3/c1-10(8-11-6-4-3-5-7-11)13(17)14(2)9-12(15)16/h3-7,10H,8-9H2,1-2H3,(H,15,16)/t10-/m0/s1. The van der Waals surface area contributed by atoms with Gasteiger partial charge in [0.15, 0.2) is 0 Å². The summed E-state index contributed by atoms with van der Waals surface area (Å²) in [5.41, 5.74) is 1.08. The van der Waals surface area contributed by atoms with Gasteiger partial charge in [-0.2, -0.15) is 0 Å². The molecule has 0 saturated heterocycles. The third-order valence-electron chi connectivity index (χ3n) is 2.55. The molecule has 1 aromatic carbocycles. The van der Waals surface area contributed by atoms with Gasteiger partial charge >= 0.3 is 5.97 Å². The van der Waals surface area contributed by atoms with Crippen molar-refractivity contribution in [2.45, 2.75) is 13.3 Å². The zero-order valence-corrected chi connectivity index (χ0v) is 10.1. The van der Waals surface area contributed by atoms with Crippen LogP contribution >= 0.6 is 0 Å². The van der Waals surface area contributed by atoms with E-state index in [4.69, 9.17) is 5.11 Å². The summed E-state index contributed by atoms with van der Waals surface area (Å²) in [6, 6.07) is 9.69. The fourth-order valence-electron chi connectivity index (χ4n) is 1.71. The molecule has 0 bridgehead atoms. The van der Waals surface area contributed by atoms with Crippen LogP contribution < -0.4 is 0 Å². The molecule has 0 spiro atoms. The molecule has 17 heavy (non-hydrogen) atoms. The number of carbonyl (C=O) groups excluding carboxylic acids is 1. The molecule has 92 valence electrons.